The molecule has 2 saturated heterocycles. The van der Waals surface area contributed by atoms with Gasteiger partial charge in [0.25, 0.3) is 0 Å². The number of carboxylic acid groups (broad SMARTS) is 1. The van der Waals surface area contributed by atoms with Crippen LogP contribution in [-0.2, 0) is 11.3 Å². The van der Waals surface area contributed by atoms with Crippen LogP contribution in [0.5, 0.6) is 5.75 Å². The van der Waals surface area contributed by atoms with Crippen LogP contribution in [0.15, 0.2) is 48.7 Å². The average Bonchev–Trinajstić information content (AvgIpc) is 3.22. The van der Waals surface area contributed by atoms with Crippen LogP contribution >= 0.6 is 0 Å². The van der Waals surface area contributed by atoms with E-state index in [4.69, 9.17) is 9.84 Å². The highest BCUT2D eigenvalue weighted by molar-refractivity contribution is 5.97. The highest BCUT2D eigenvalue weighted by Crippen LogP contribution is 2.43. The number of hydrogen-bond acceptors (Lipinski definition) is 5. The standard InChI is InChI=1S/C31H34FN3O4/c1-4-39-26-15-22(14-21(3)28(26)29-25(32)13-20(2)17-33-29)18-34-11-9-31(10-12-34)16-27(36)35(19-31)24-7-5-23(6-8-24)30(37)38/h5-8,13-15,17H,4,9-12,16,18-19H2,1-3H3,(H,37,38). The van der Waals surface area contributed by atoms with Gasteiger partial charge >= 0.3 is 5.97 Å². The fraction of sp³-hybridized carbons (Fsp3) is 0.387. The molecule has 0 saturated carbocycles. The topological polar surface area (TPSA) is 83.0 Å². The minimum Gasteiger partial charge on any atom is -0.493 e. The van der Waals surface area contributed by atoms with Gasteiger partial charge in [-0.15, -0.1) is 0 Å². The van der Waals surface area contributed by atoms with Gasteiger partial charge in [0.05, 0.1) is 12.2 Å². The van der Waals surface area contributed by atoms with Gasteiger partial charge in [-0.25, -0.2) is 9.18 Å². The van der Waals surface area contributed by atoms with Crippen molar-refractivity contribution in [2.45, 2.75) is 46.6 Å². The number of aromatic carboxylic acids is 1. The van der Waals surface area contributed by atoms with E-state index in [9.17, 15) is 14.0 Å². The molecule has 1 spiro atoms. The Morgan fingerprint density at radius 3 is 2.49 bits per heavy atom. The molecule has 3 aromatic rings. The summed E-state index contributed by atoms with van der Waals surface area (Å²) in [5.74, 6) is -0.598. The van der Waals surface area contributed by atoms with Gasteiger partial charge in [0.15, 0.2) is 0 Å². The number of ether oxygens (including phenoxy) is 1. The van der Waals surface area contributed by atoms with E-state index in [0.29, 0.717) is 36.6 Å². The lowest BCUT2D eigenvalue weighted by molar-refractivity contribution is -0.118. The van der Waals surface area contributed by atoms with E-state index >= 15 is 0 Å². The molecule has 0 aliphatic carbocycles. The molecule has 1 aromatic heterocycles. The largest absolute Gasteiger partial charge is 0.493 e. The molecular formula is C31H34FN3O4. The molecule has 39 heavy (non-hydrogen) atoms. The minimum absolute atomic E-state index is 0.0655. The first kappa shape index (κ1) is 26.8. The molecule has 5 rings (SSSR count). The molecule has 1 N–H and O–H groups in total. The molecule has 2 aliphatic rings. The predicted molar refractivity (Wildman–Crippen MR) is 148 cm³/mol. The molecule has 0 radical (unpaired) electrons. The number of carboxylic acids is 1. The lowest BCUT2D eigenvalue weighted by atomic mass is 9.77. The van der Waals surface area contributed by atoms with Gasteiger partial charge in [0.1, 0.15) is 17.3 Å². The molecule has 0 unspecified atom stereocenters. The molecule has 0 atom stereocenters. The number of amides is 1. The number of carbonyl (C=O) groups excluding carboxylic acids is 1. The van der Waals surface area contributed by atoms with E-state index < -0.39 is 5.97 Å². The highest BCUT2D eigenvalue weighted by Gasteiger charge is 2.45. The second kappa shape index (κ2) is 10.8. The van der Waals surface area contributed by atoms with Crippen LogP contribution in [0.1, 0.15) is 53.2 Å². The molecule has 8 heteroatoms. The number of carbonyl (C=O) groups is 2. The Balaban J connectivity index is 1.27. The molecule has 2 fully saturated rings. The zero-order valence-corrected chi connectivity index (χ0v) is 22.7. The second-order valence-electron chi connectivity index (χ2n) is 10.8. The first-order chi connectivity index (χ1) is 18.7. The zero-order chi connectivity index (χ0) is 27.7. The number of nitrogens with zero attached hydrogens (tertiary/aromatic N) is 3. The maximum Gasteiger partial charge on any atom is 0.335 e. The third-order valence-corrected chi connectivity index (χ3v) is 7.94. The van der Waals surface area contributed by atoms with Gasteiger partial charge in [-0.05, 0) is 105 Å². The number of anilines is 1. The minimum atomic E-state index is -0.977. The van der Waals surface area contributed by atoms with Crippen molar-refractivity contribution in [3.8, 4) is 17.0 Å². The van der Waals surface area contributed by atoms with E-state index in [1.54, 1.807) is 35.4 Å². The van der Waals surface area contributed by atoms with Crippen molar-refractivity contribution >= 4 is 17.6 Å². The lowest BCUT2D eigenvalue weighted by Crippen LogP contribution is -2.41. The van der Waals surface area contributed by atoms with Crippen molar-refractivity contribution in [3.63, 3.8) is 0 Å². The maximum absolute atomic E-state index is 14.8. The summed E-state index contributed by atoms with van der Waals surface area (Å²) >= 11 is 0. The highest BCUT2D eigenvalue weighted by atomic mass is 19.1. The van der Waals surface area contributed by atoms with Crippen molar-refractivity contribution < 1.29 is 23.8 Å². The molecule has 3 heterocycles. The third kappa shape index (κ3) is 5.52. The van der Waals surface area contributed by atoms with Gasteiger partial charge in [-0.1, -0.05) is 6.07 Å². The molecule has 2 aliphatic heterocycles. The van der Waals surface area contributed by atoms with Crippen LogP contribution in [0.2, 0.25) is 0 Å². The smallest absolute Gasteiger partial charge is 0.335 e. The van der Waals surface area contributed by atoms with Crippen molar-refractivity contribution in [1.82, 2.24) is 9.88 Å². The van der Waals surface area contributed by atoms with Crippen LogP contribution < -0.4 is 9.64 Å². The van der Waals surface area contributed by atoms with E-state index in [1.807, 2.05) is 26.8 Å². The summed E-state index contributed by atoms with van der Waals surface area (Å²) in [5.41, 5.74) is 4.69. The van der Waals surface area contributed by atoms with Gasteiger partial charge in [0.2, 0.25) is 5.91 Å². The molecular weight excluding hydrogens is 497 g/mol. The summed E-state index contributed by atoms with van der Waals surface area (Å²) in [7, 11) is 0. The summed E-state index contributed by atoms with van der Waals surface area (Å²) in [4.78, 5) is 32.6. The number of aryl methyl sites for hydroxylation is 2. The molecule has 0 bridgehead atoms. The van der Waals surface area contributed by atoms with Gasteiger partial charge in [-0.2, -0.15) is 0 Å². The first-order valence-corrected chi connectivity index (χ1v) is 13.4. The van der Waals surface area contributed by atoms with Gasteiger partial charge in [-0.3, -0.25) is 14.7 Å². The number of hydrogen-bond donors (Lipinski definition) is 1. The van der Waals surface area contributed by atoms with Crippen molar-refractivity contribution in [2.24, 2.45) is 5.41 Å². The summed E-state index contributed by atoms with van der Waals surface area (Å²) in [6, 6.07) is 12.1. The quantitative estimate of drug-likeness (QED) is 0.426. The zero-order valence-electron chi connectivity index (χ0n) is 22.7. The number of likely N-dealkylation sites (tertiary alicyclic amines) is 1. The van der Waals surface area contributed by atoms with E-state index in [2.05, 4.69) is 16.0 Å². The van der Waals surface area contributed by atoms with E-state index in [0.717, 1.165) is 54.9 Å². The Kier molecular flexibility index (Phi) is 7.40. The van der Waals surface area contributed by atoms with Crippen LogP contribution in [0.3, 0.4) is 0 Å². The monoisotopic (exact) mass is 531 g/mol. The molecule has 204 valence electrons. The Morgan fingerprint density at radius 1 is 1.13 bits per heavy atom. The summed E-state index contributed by atoms with van der Waals surface area (Å²) in [6.07, 6.45) is 4.01. The SMILES string of the molecule is CCOc1cc(CN2CCC3(CC2)CC(=O)N(c2ccc(C(=O)O)cc2)C3)cc(C)c1-c1ncc(C)cc1F. The second-order valence-corrected chi connectivity index (χ2v) is 10.8. The third-order valence-electron chi connectivity index (χ3n) is 7.94. The number of rotatable bonds is 7. The van der Waals surface area contributed by atoms with E-state index in [1.165, 1.54) is 6.07 Å². The molecule has 1 amide bonds. The summed E-state index contributed by atoms with van der Waals surface area (Å²) in [5, 5.41) is 9.16. The number of piperidine rings is 1. The van der Waals surface area contributed by atoms with Gasteiger partial charge in [0, 0.05) is 37.0 Å². The fourth-order valence-electron chi connectivity index (χ4n) is 5.90. The normalized spacial score (nSPS) is 17.1. The van der Waals surface area contributed by atoms with E-state index in [-0.39, 0.29) is 22.7 Å². The first-order valence-electron chi connectivity index (χ1n) is 13.4. The number of benzene rings is 2. The number of pyridine rings is 1. The van der Waals surface area contributed by atoms with Crippen molar-refractivity contribution in [2.75, 3.05) is 31.1 Å². The fourth-order valence-corrected chi connectivity index (χ4v) is 5.90. The summed E-state index contributed by atoms with van der Waals surface area (Å²) < 4.78 is 20.7. The Bertz CT molecular complexity index is 1400. The van der Waals surface area contributed by atoms with Gasteiger partial charge < -0.3 is 14.7 Å². The van der Waals surface area contributed by atoms with Crippen molar-refractivity contribution in [1.29, 1.82) is 0 Å². The van der Waals surface area contributed by atoms with Crippen LogP contribution in [0.25, 0.3) is 11.3 Å². The Morgan fingerprint density at radius 2 is 1.85 bits per heavy atom. The average molecular weight is 532 g/mol. The number of aromatic nitrogens is 1. The lowest BCUT2D eigenvalue weighted by Gasteiger charge is -2.39. The van der Waals surface area contributed by atoms with Crippen molar-refractivity contribution in [3.05, 3.63) is 76.7 Å². The predicted octanol–water partition coefficient (Wildman–Crippen LogP) is 5.62. The van der Waals surface area contributed by atoms with Crippen LogP contribution in [0.4, 0.5) is 10.1 Å². The maximum atomic E-state index is 14.8. The van der Waals surface area contributed by atoms with Crippen LogP contribution in [0, 0.1) is 25.1 Å². The summed E-state index contributed by atoms with van der Waals surface area (Å²) in [6.45, 7) is 9.32. The Hall–Kier alpha value is -3.78. The Labute approximate surface area is 228 Å². The van der Waals surface area contributed by atoms with Crippen LogP contribution in [-0.4, -0.2) is 53.1 Å². The molecule has 2 aromatic carbocycles. The molecule has 7 nitrogen and oxygen atoms in total. The number of halogens is 1.